The Hall–Kier alpha value is -2.49. The number of hydrogen-bond donors (Lipinski definition) is 1. The van der Waals surface area contributed by atoms with Crippen LogP contribution in [0.25, 0.3) is 0 Å². The fourth-order valence-corrected chi connectivity index (χ4v) is 4.39. The minimum Gasteiger partial charge on any atom is -0.454 e. The number of ether oxygens (including phenoxy) is 2. The summed E-state index contributed by atoms with van der Waals surface area (Å²) in [7, 11) is 0. The number of carbonyl (C=O) groups excluding carboxylic acids is 1. The molecule has 2 aromatic carbocycles. The van der Waals surface area contributed by atoms with Crippen molar-refractivity contribution in [3.8, 4) is 11.5 Å². The summed E-state index contributed by atoms with van der Waals surface area (Å²) in [4.78, 5) is 13.3. The molecule has 168 valence electrons. The van der Waals surface area contributed by atoms with Gasteiger partial charge < -0.3 is 14.8 Å². The molecule has 0 bridgehead atoms. The number of benzene rings is 2. The average molecular weight is 424 g/mol. The number of unbranched alkanes of at least 4 members (excludes halogenated alkanes) is 2. The molecule has 0 spiro atoms. The molecule has 0 saturated heterocycles. The van der Waals surface area contributed by atoms with E-state index in [-0.39, 0.29) is 18.6 Å². The zero-order chi connectivity index (χ0) is 22.4. The van der Waals surface area contributed by atoms with Crippen LogP contribution in [0.1, 0.15) is 101 Å². The first kappa shape index (κ1) is 23.2. The summed E-state index contributed by atoms with van der Waals surface area (Å²) in [6.45, 7) is 11.1. The van der Waals surface area contributed by atoms with Gasteiger partial charge in [-0.05, 0) is 41.4 Å². The molecule has 1 aliphatic rings. The molecule has 1 aliphatic heterocycles. The van der Waals surface area contributed by atoms with Crippen molar-refractivity contribution in [2.24, 2.45) is 0 Å². The Kier molecular flexibility index (Phi) is 8.00. The van der Waals surface area contributed by atoms with E-state index < -0.39 is 0 Å². The van der Waals surface area contributed by atoms with Gasteiger partial charge >= 0.3 is 0 Å². The van der Waals surface area contributed by atoms with Crippen molar-refractivity contribution >= 4 is 11.6 Å². The quantitative estimate of drug-likeness (QED) is 0.406. The Morgan fingerprint density at radius 1 is 0.935 bits per heavy atom. The van der Waals surface area contributed by atoms with Gasteiger partial charge in [0.05, 0.1) is 0 Å². The lowest BCUT2D eigenvalue weighted by molar-refractivity contribution is -0.116. The van der Waals surface area contributed by atoms with Gasteiger partial charge in [-0.2, -0.15) is 0 Å². The number of carbonyl (C=O) groups is 1. The number of nitrogens with one attached hydrogen (secondary N) is 1. The zero-order valence-electron chi connectivity index (χ0n) is 19.7. The second-order valence-corrected chi connectivity index (χ2v) is 9.15. The molecule has 3 rings (SSSR count). The predicted molar refractivity (Wildman–Crippen MR) is 127 cm³/mol. The zero-order valence-corrected chi connectivity index (χ0v) is 19.7. The number of hydrogen-bond acceptors (Lipinski definition) is 3. The molecule has 0 aliphatic carbocycles. The Labute approximate surface area is 187 Å². The number of amides is 1. The van der Waals surface area contributed by atoms with Crippen molar-refractivity contribution < 1.29 is 14.3 Å². The molecule has 0 saturated carbocycles. The lowest BCUT2D eigenvalue weighted by Gasteiger charge is -2.22. The molecule has 4 nitrogen and oxygen atoms in total. The van der Waals surface area contributed by atoms with Crippen LogP contribution in [0.3, 0.4) is 0 Å². The number of para-hydroxylation sites is 2. The van der Waals surface area contributed by atoms with Gasteiger partial charge in [0, 0.05) is 17.7 Å². The van der Waals surface area contributed by atoms with Crippen LogP contribution < -0.4 is 14.8 Å². The third kappa shape index (κ3) is 5.61. The van der Waals surface area contributed by atoms with E-state index in [1.165, 1.54) is 11.1 Å². The van der Waals surface area contributed by atoms with Crippen molar-refractivity contribution in [1.82, 2.24) is 0 Å². The molecule has 0 radical (unpaired) electrons. The molecule has 1 amide bonds. The van der Waals surface area contributed by atoms with Gasteiger partial charge in [-0.25, -0.2) is 0 Å². The highest BCUT2D eigenvalue weighted by molar-refractivity contribution is 5.93. The van der Waals surface area contributed by atoms with Crippen LogP contribution in [0.4, 0.5) is 5.69 Å². The van der Waals surface area contributed by atoms with E-state index in [4.69, 9.17) is 9.47 Å². The summed E-state index contributed by atoms with van der Waals surface area (Å²) < 4.78 is 11.3. The topological polar surface area (TPSA) is 47.6 Å². The van der Waals surface area contributed by atoms with Crippen molar-refractivity contribution in [2.75, 3.05) is 12.1 Å². The summed E-state index contributed by atoms with van der Waals surface area (Å²) >= 11 is 0. The molecule has 31 heavy (non-hydrogen) atoms. The summed E-state index contributed by atoms with van der Waals surface area (Å²) in [5.74, 6) is 2.45. The molecule has 1 N–H and O–H groups in total. The maximum atomic E-state index is 13.3. The number of anilines is 1. The predicted octanol–water partition coefficient (Wildman–Crippen LogP) is 7.35. The maximum absolute atomic E-state index is 13.3. The fourth-order valence-electron chi connectivity index (χ4n) is 4.39. The van der Waals surface area contributed by atoms with Crippen molar-refractivity contribution in [3.05, 3.63) is 53.1 Å². The van der Waals surface area contributed by atoms with Crippen LogP contribution in [0.2, 0.25) is 0 Å². The van der Waals surface area contributed by atoms with Gasteiger partial charge in [-0.1, -0.05) is 84.2 Å². The summed E-state index contributed by atoms with van der Waals surface area (Å²) in [6.07, 6.45) is 4.82. The van der Waals surface area contributed by atoms with Gasteiger partial charge in [0.2, 0.25) is 12.7 Å². The molecule has 1 atom stereocenters. The monoisotopic (exact) mass is 423 g/mol. The van der Waals surface area contributed by atoms with Crippen LogP contribution in [-0.4, -0.2) is 12.7 Å². The minimum absolute atomic E-state index is 0.0630. The molecule has 0 aromatic heterocycles. The first-order valence-corrected chi connectivity index (χ1v) is 11.7. The van der Waals surface area contributed by atoms with Crippen LogP contribution in [0.5, 0.6) is 11.5 Å². The fraction of sp³-hybridized carbons (Fsp3) is 0.519. The highest BCUT2D eigenvalue weighted by atomic mass is 16.7. The van der Waals surface area contributed by atoms with E-state index in [0.717, 1.165) is 48.4 Å². The molecular formula is C27H37NO3. The Bertz CT molecular complexity index is 862. The maximum Gasteiger partial charge on any atom is 0.231 e. The van der Waals surface area contributed by atoms with Gasteiger partial charge in [0.15, 0.2) is 11.5 Å². The second kappa shape index (κ2) is 10.7. The van der Waals surface area contributed by atoms with Crippen LogP contribution in [0, 0.1) is 0 Å². The SMILES string of the molecule is CCCCC[C@@H](CC(=O)Nc1c(C(C)C)cccc1C(C)C)c1cccc2c1OCO2. The van der Waals surface area contributed by atoms with E-state index in [1.807, 2.05) is 12.1 Å². The highest BCUT2D eigenvalue weighted by Gasteiger charge is 2.26. The number of fused-ring (bicyclic) bond motifs is 1. The smallest absolute Gasteiger partial charge is 0.231 e. The molecular weight excluding hydrogens is 386 g/mol. The van der Waals surface area contributed by atoms with Gasteiger partial charge in [0.1, 0.15) is 0 Å². The Morgan fingerprint density at radius 3 is 2.23 bits per heavy atom. The third-order valence-electron chi connectivity index (χ3n) is 6.09. The highest BCUT2D eigenvalue weighted by Crippen LogP contribution is 2.42. The van der Waals surface area contributed by atoms with Crippen molar-refractivity contribution in [2.45, 2.75) is 84.5 Å². The van der Waals surface area contributed by atoms with Crippen molar-refractivity contribution in [3.63, 3.8) is 0 Å². The molecule has 0 fully saturated rings. The van der Waals surface area contributed by atoms with Crippen molar-refractivity contribution in [1.29, 1.82) is 0 Å². The lowest BCUT2D eigenvalue weighted by Crippen LogP contribution is -2.19. The van der Waals surface area contributed by atoms with Gasteiger partial charge in [-0.15, -0.1) is 0 Å². The molecule has 1 heterocycles. The Balaban J connectivity index is 1.85. The minimum atomic E-state index is 0.0630. The largest absolute Gasteiger partial charge is 0.454 e. The molecule has 4 heteroatoms. The first-order chi connectivity index (χ1) is 14.9. The molecule has 2 aromatic rings. The van der Waals surface area contributed by atoms with E-state index in [9.17, 15) is 4.79 Å². The van der Waals surface area contributed by atoms with E-state index in [0.29, 0.717) is 18.3 Å². The average Bonchev–Trinajstić information content (AvgIpc) is 3.22. The summed E-state index contributed by atoms with van der Waals surface area (Å²) in [5.41, 5.74) is 4.46. The van der Waals surface area contributed by atoms with Gasteiger partial charge in [-0.3, -0.25) is 4.79 Å². The van der Waals surface area contributed by atoms with E-state index in [2.05, 4.69) is 64.2 Å². The Morgan fingerprint density at radius 2 is 1.58 bits per heavy atom. The summed E-state index contributed by atoms with van der Waals surface area (Å²) in [6, 6.07) is 12.4. The number of rotatable bonds is 10. The summed E-state index contributed by atoms with van der Waals surface area (Å²) in [5, 5.41) is 3.29. The molecule has 0 unspecified atom stereocenters. The normalized spacial score (nSPS) is 13.6. The standard InChI is InChI=1S/C27H37NO3/c1-6-7-8-11-20(23-14-10-15-24-27(23)31-17-30-24)16-25(29)28-26-21(18(2)3)12-9-13-22(26)19(4)5/h9-10,12-15,18-20H,6-8,11,16-17H2,1-5H3,(H,28,29)/t20-/m0/s1. The van der Waals surface area contributed by atoms with Crippen LogP contribution in [0.15, 0.2) is 36.4 Å². The third-order valence-corrected chi connectivity index (χ3v) is 6.09. The van der Waals surface area contributed by atoms with E-state index in [1.54, 1.807) is 0 Å². The van der Waals surface area contributed by atoms with E-state index >= 15 is 0 Å². The lowest BCUT2D eigenvalue weighted by atomic mass is 9.88. The van der Waals surface area contributed by atoms with Crippen LogP contribution in [-0.2, 0) is 4.79 Å². The van der Waals surface area contributed by atoms with Crippen LogP contribution >= 0.6 is 0 Å². The second-order valence-electron chi connectivity index (χ2n) is 9.15. The van der Waals surface area contributed by atoms with Gasteiger partial charge in [0.25, 0.3) is 0 Å². The first-order valence-electron chi connectivity index (χ1n) is 11.7.